The number of unbranched alkanes of at least 4 members (excludes halogenated alkanes) is 1. The number of thiocarbonyl (C=S) groups is 2. The minimum atomic E-state index is -0.408. The van der Waals surface area contributed by atoms with Gasteiger partial charge in [0.1, 0.15) is 0 Å². The van der Waals surface area contributed by atoms with Crippen LogP contribution in [0.5, 0.6) is 0 Å². The summed E-state index contributed by atoms with van der Waals surface area (Å²) in [6.45, 7) is 0. The van der Waals surface area contributed by atoms with Crippen molar-refractivity contribution in [1.82, 2.24) is 10.0 Å². The molecule has 0 saturated carbocycles. The molecule has 102 valence electrons. The summed E-state index contributed by atoms with van der Waals surface area (Å²) in [6.07, 6.45) is 1.18. The number of rotatable bonds is 5. The molecule has 0 aliphatic rings. The Morgan fingerprint density at radius 2 is 1.11 bits per heavy atom. The van der Waals surface area contributed by atoms with Crippen LogP contribution in [0.2, 0.25) is 0 Å². The fourth-order valence-corrected chi connectivity index (χ4v) is 1.24. The van der Waals surface area contributed by atoms with Crippen LogP contribution in [-0.2, 0) is 9.59 Å². The van der Waals surface area contributed by atoms with Crippen LogP contribution in [0.25, 0.3) is 0 Å². The third kappa shape index (κ3) is 5.82. The van der Waals surface area contributed by atoms with Crippen LogP contribution in [0.15, 0.2) is 0 Å². The summed E-state index contributed by atoms with van der Waals surface area (Å²) >= 11 is 9.06. The molecular weight excluding hydrogens is 276 g/mol. The number of carbonyl (C=O) groups is 2. The number of hydrogen-bond donors (Lipinski definition) is 4. The molecular formula is C8H16N6O2S2. The number of hydrogen-bond acceptors (Lipinski definition) is 6. The van der Waals surface area contributed by atoms with Crippen molar-refractivity contribution >= 4 is 46.5 Å². The Hall–Kier alpha value is -1.36. The van der Waals surface area contributed by atoms with E-state index in [-0.39, 0.29) is 23.1 Å². The van der Waals surface area contributed by atoms with Crippen LogP contribution in [-0.4, -0.2) is 32.1 Å². The Morgan fingerprint density at radius 3 is 1.33 bits per heavy atom. The molecule has 8 N–H and O–H groups in total. The summed E-state index contributed by atoms with van der Waals surface area (Å²) < 4.78 is 0. The van der Waals surface area contributed by atoms with Gasteiger partial charge in [0.25, 0.3) is 0 Å². The Kier molecular flexibility index (Phi) is 7.27. The van der Waals surface area contributed by atoms with Gasteiger partial charge in [0.2, 0.25) is 11.8 Å². The third-order valence-electron chi connectivity index (χ3n) is 2.04. The Labute approximate surface area is 115 Å². The zero-order valence-corrected chi connectivity index (χ0v) is 11.3. The second kappa shape index (κ2) is 7.87. The molecule has 0 spiro atoms. The van der Waals surface area contributed by atoms with Gasteiger partial charge in [0.15, 0.2) is 10.2 Å². The number of nitrogens with zero attached hydrogens (tertiary/aromatic N) is 2. The highest BCUT2D eigenvalue weighted by atomic mass is 32.1. The predicted molar refractivity (Wildman–Crippen MR) is 74.1 cm³/mol. The zero-order chi connectivity index (χ0) is 14.3. The van der Waals surface area contributed by atoms with Gasteiger partial charge < -0.3 is 11.5 Å². The maximum absolute atomic E-state index is 11.3. The molecule has 0 aliphatic heterocycles. The van der Waals surface area contributed by atoms with Gasteiger partial charge in [-0.2, -0.15) is 0 Å². The highest BCUT2D eigenvalue weighted by Crippen LogP contribution is 2.03. The van der Waals surface area contributed by atoms with E-state index in [1.807, 2.05) is 0 Å². The first-order valence-electron chi connectivity index (χ1n) is 5.01. The molecule has 0 unspecified atom stereocenters. The van der Waals surface area contributed by atoms with E-state index in [1.54, 1.807) is 0 Å². The van der Waals surface area contributed by atoms with E-state index in [4.69, 9.17) is 23.2 Å². The lowest BCUT2D eigenvalue weighted by Crippen LogP contribution is -2.46. The molecule has 0 atom stereocenters. The van der Waals surface area contributed by atoms with Crippen LogP contribution in [0.1, 0.15) is 25.7 Å². The van der Waals surface area contributed by atoms with Crippen molar-refractivity contribution in [2.24, 2.45) is 23.2 Å². The number of nitrogens with two attached hydrogens (primary N) is 4. The molecule has 0 saturated heterocycles. The molecule has 2 amide bonds. The minimum Gasteiger partial charge on any atom is -0.375 e. The topological polar surface area (TPSA) is 145 Å². The second-order valence-corrected chi connectivity index (χ2v) is 4.25. The standard InChI is InChI=1S/C8H16N6O2S2/c9-7(17)13(11)5(15)3-1-2-4-6(16)14(12)8(10)18/h1-4,11-12H2,(H2,9,17)(H2,10,18). The van der Waals surface area contributed by atoms with Crippen molar-refractivity contribution in [3.8, 4) is 0 Å². The summed E-state index contributed by atoms with van der Waals surface area (Å²) in [5.74, 6) is 9.74. The molecule has 0 fully saturated rings. The molecule has 0 aromatic carbocycles. The van der Waals surface area contributed by atoms with Gasteiger partial charge in [-0.25, -0.2) is 21.7 Å². The molecule has 0 radical (unpaired) electrons. The SMILES string of the molecule is NC(=S)N(N)C(=O)CCCCC(=O)N(N)C(N)=S. The van der Waals surface area contributed by atoms with Gasteiger partial charge in [0, 0.05) is 12.8 Å². The summed E-state index contributed by atoms with van der Waals surface area (Å²) in [6, 6.07) is 0. The van der Waals surface area contributed by atoms with Gasteiger partial charge in [0.05, 0.1) is 0 Å². The predicted octanol–water partition coefficient (Wildman–Crippen LogP) is -1.56. The highest BCUT2D eigenvalue weighted by molar-refractivity contribution is 7.80. The number of amides is 2. The molecule has 8 nitrogen and oxygen atoms in total. The van der Waals surface area contributed by atoms with Crippen molar-refractivity contribution in [1.29, 1.82) is 0 Å². The van der Waals surface area contributed by atoms with Crippen LogP contribution < -0.4 is 23.2 Å². The second-order valence-electron chi connectivity index (χ2n) is 3.41. The number of carbonyl (C=O) groups excluding carboxylic acids is 2. The van der Waals surface area contributed by atoms with E-state index < -0.39 is 11.8 Å². The Balaban J connectivity index is 3.88. The quantitative estimate of drug-likeness (QED) is 0.156. The van der Waals surface area contributed by atoms with E-state index in [2.05, 4.69) is 24.4 Å². The first-order chi connectivity index (χ1) is 8.27. The third-order valence-corrected chi connectivity index (χ3v) is 2.44. The molecule has 0 bridgehead atoms. The van der Waals surface area contributed by atoms with Gasteiger partial charge in [-0.05, 0) is 37.3 Å². The first-order valence-corrected chi connectivity index (χ1v) is 5.83. The summed E-state index contributed by atoms with van der Waals surface area (Å²) in [5, 5.41) is 0.998. The van der Waals surface area contributed by atoms with Crippen molar-refractivity contribution in [3.05, 3.63) is 0 Å². The van der Waals surface area contributed by atoms with Gasteiger partial charge >= 0.3 is 0 Å². The van der Waals surface area contributed by atoms with Crippen molar-refractivity contribution in [2.45, 2.75) is 25.7 Å². The summed E-state index contributed by atoms with van der Waals surface area (Å²) in [4.78, 5) is 22.7. The normalized spacial score (nSPS) is 9.67. The van der Waals surface area contributed by atoms with Crippen LogP contribution in [0, 0.1) is 0 Å². The Morgan fingerprint density at radius 1 is 0.833 bits per heavy atom. The average Bonchev–Trinajstić information content (AvgIpc) is 2.31. The van der Waals surface area contributed by atoms with Crippen molar-refractivity contribution < 1.29 is 9.59 Å². The molecule has 0 heterocycles. The lowest BCUT2D eigenvalue weighted by molar-refractivity contribution is -0.129. The first kappa shape index (κ1) is 16.6. The van der Waals surface area contributed by atoms with E-state index in [0.717, 1.165) is 0 Å². The average molecular weight is 292 g/mol. The highest BCUT2D eigenvalue weighted by Gasteiger charge is 2.14. The largest absolute Gasteiger partial charge is 0.375 e. The molecule has 18 heavy (non-hydrogen) atoms. The van der Waals surface area contributed by atoms with Crippen molar-refractivity contribution in [2.75, 3.05) is 0 Å². The summed E-state index contributed by atoms with van der Waals surface area (Å²) in [7, 11) is 0. The maximum atomic E-state index is 11.3. The molecule has 0 aliphatic carbocycles. The number of hydrazine groups is 2. The Bertz CT molecular complexity index is 327. The van der Waals surface area contributed by atoms with Crippen LogP contribution in [0.4, 0.5) is 0 Å². The molecule has 0 aromatic heterocycles. The van der Waals surface area contributed by atoms with E-state index in [1.165, 1.54) is 0 Å². The van der Waals surface area contributed by atoms with E-state index in [0.29, 0.717) is 22.9 Å². The lowest BCUT2D eigenvalue weighted by atomic mass is 10.2. The smallest absolute Gasteiger partial charge is 0.243 e. The van der Waals surface area contributed by atoms with Gasteiger partial charge in [-0.15, -0.1) is 0 Å². The van der Waals surface area contributed by atoms with E-state index >= 15 is 0 Å². The van der Waals surface area contributed by atoms with Crippen LogP contribution >= 0.6 is 24.4 Å². The van der Waals surface area contributed by atoms with Crippen molar-refractivity contribution in [3.63, 3.8) is 0 Å². The zero-order valence-electron chi connectivity index (χ0n) is 9.67. The molecule has 0 aromatic rings. The fourth-order valence-electron chi connectivity index (χ4n) is 1.04. The lowest BCUT2D eigenvalue weighted by Gasteiger charge is -2.15. The van der Waals surface area contributed by atoms with Gasteiger partial charge in [-0.1, -0.05) is 0 Å². The molecule has 10 heteroatoms. The maximum Gasteiger partial charge on any atom is 0.243 e. The fraction of sp³-hybridized carbons (Fsp3) is 0.500. The summed E-state index contributed by atoms with van der Waals surface area (Å²) in [5.41, 5.74) is 10.3. The van der Waals surface area contributed by atoms with Crippen LogP contribution in [0.3, 0.4) is 0 Å². The van der Waals surface area contributed by atoms with E-state index in [9.17, 15) is 9.59 Å². The monoisotopic (exact) mass is 292 g/mol. The molecule has 0 rings (SSSR count). The minimum absolute atomic E-state index is 0.138. The van der Waals surface area contributed by atoms with Gasteiger partial charge in [-0.3, -0.25) is 9.59 Å².